The number of amides is 4. The summed E-state index contributed by atoms with van der Waals surface area (Å²) in [5.41, 5.74) is -0.793. The van der Waals surface area contributed by atoms with Crippen molar-refractivity contribution in [1.29, 1.82) is 0 Å². The van der Waals surface area contributed by atoms with Crippen LogP contribution in [0.25, 0.3) is 0 Å². The molecule has 0 spiro atoms. The number of sulfone groups is 1. The molecule has 0 aromatic heterocycles. The van der Waals surface area contributed by atoms with Crippen LogP contribution in [0.3, 0.4) is 0 Å². The van der Waals surface area contributed by atoms with Crippen molar-refractivity contribution >= 4 is 45.6 Å². The van der Waals surface area contributed by atoms with Crippen LogP contribution in [0.1, 0.15) is 92.7 Å². The molecule has 0 aliphatic rings. The van der Waals surface area contributed by atoms with Gasteiger partial charge in [0.05, 0.1) is 19.0 Å². The van der Waals surface area contributed by atoms with Crippen LogP contribution >= 0.6 is 0 Å². The van der Waals surface area contributed by atoms with Crippen molar-refractivity contribution in [1.82, 2.24) is 21.3 Å². The van der Waals surface area contributed by atoms with Crippen LogP contribution in [0.15, 0.2) is 66.1 Å². The van der Waals surface area contributed by atoms with Crippen molar-refractivity contribution in [2.75, 3.05) is 12.8 Å². The highest BCUT2D eigenvalue weighted by molar-refractivity contribution is 7.93. The van der Waals surface area contributed by atoms with Crippen molar-refractivity contribution in [3.63, 3.8) is 0 Å². The monoisotopic (exact) mass is 844 g/mol. The van der Waals surface area contributed by atoms with Gasteiger partial charge in [-0.1, -0.05) is 48.5 Å². The largest absolute Gasteiger partial charge is 0.488 e. The molecule has 2 unspecified atom stereocenters. The fourth-order valence-corrected chi connectivity index (χ4v) is 5.59. The van der Waals surface area contributed by atoms with Gasteiger partial charge in [0.15, 0.2) is 9.84 Å². The predicted octanol–water partition coefficient (Wildman–Crippen LogP) is 4.20. The molecule has 0 aliphatic heterocycles. The van der Waals surface area contributed by atoms with E-state index < -0.39 is 93.5 Å². The average Bonchev–Trinajstić information content (AvgIpc) is 3.08. The quantitative estimate of drug-likeness (QED) is 0.116. The lowest BCUT2D eigenvalue weighted by Crippen LogP contribution is -2.55. The summed E-state index contributed by atoms with van der Waals surface area (Å²) in [6, 6.07) is 12.0. The molecule has 0 bridgehead atoms. The Kier molecular flexibility index (Phi) is 18.6. The second-order valence-corrected chi connectivity index (χ2v) is 18.8. The summed E-state index contributed by atoms with van der Waals surface area (Å²) in [5, 5.41) is 10.9. The summed E-state index contributed by atoms with van der Waals surface area (Å²) in [4.78, 5) is 78.8. The molecular weight excluding hydrogens is 785 g/mol. The fourth-order valence-electron chi connectivity index (χ4n) is 5.11. The van der Waals surface area contributed by atoms with Crippen LogP contribution in [-0.2, 0) is 61.0 Å². The predicted molar refractivity (Wildman–Crippen MR) is 220 cm³/mol. The topological polar surface area (TPSA) is 222 Å². The highest BCUT2D eigenvalue weighted by Gasteiger charge is 2.30. The molecule has 17 heteroatoms. The van der Waals surface area contributed by atoms with Gasteiger partial charge in [-0.15, -0.1) is 0 Å². The lowest BCUT2D eigenvalue weighted by atomic mass is 10.0. The molecule has 0 aliphatic carbocycles. The molecule has 0 saturated carbocycles. The summed E-state index contributed by atoms with van der Waals surface area (Å²) < 4.78 is 45.5. The summed E-state index contributed by atoms with van der Waals surface area (Å²) in [6.45, 7) is 14.9. The van der Waals surface area contributed by atoms with Gasteiger partial charge >= 0.3 is 18.0 Å². The summed E-state index contributed by atoms with van der Waals surface area (Å²) in [5.74, 6) is -3.24. The van der Waals surface area contributed by atoms with Gasteiger partial charge in [0.2, 0.25) is 17.7 Å². The van der Waals surface area contributed by atoms with Crippen molar-refractivity contribution in [2.24, 2.45) is 0 Å². The van der Waals surface area contributed by atoms with Gasteiger partial charge in [-0.25, -0.2) is 13.2 Å². The second kappa shape index (κ2) is 22.1. The van der Waals surface area contributed by atoms with Gasteiger partial charge in [0.25, 0.3) is 0 Å². The minimum atomic E-state index is -3.63. The SMILES string of the molecule is CC(C)(C)OC(=O)CCC(NC(=O)[C@H](Cc1ccc(OC(C)(C)C)cc1)NC(=O)OCc1ccccc1)C(=O)NCC(=O)NC(/C=C/S(C)(=O)=O)CC(=O)OC(C)(C)C. The highest BCUT2D eigenvalue weighted by atomic mass is 32.2. The first-order valence-corrected chi connectivity index (χ1v) is 21.1. The molecule has 2 rings (SSSR count). The van der Waals surface area contributed by atoms with E-state index >= 15 is 0 Å². The van der Waals surface area contributed by atoms with Gasteiger partial charge in [-0.05, 0) is 92.0 Å². The molecule has 59 heavy (non-hydrogen) atoms. The van der Waals surface area contributed by atoms with Crippen LogP contribution in [-0.4, -0.2) is 91.9 Å². The number of rotatable bonds is 19. The van der Waals surface area contributed by atoms with Gasteiger partial charge in [-0.3, -0.25) is 24.0 Å². The maximum atomic E-state index is 14.0. The Morgan fingerprint density at radius 1 is 0.695 bits per heavy atom. The minimum Gasteiger partial charge on any atom is -0.488 e. The molecule has 2 aromatic rings. The van der Waals surface area contributed by atoms with Crippen molar-refractivity contribution in [2.45, 2.75) is 130 Å². The molecule has 0 fully saturated rings. The number of ether oxygens (including phenoxy) is 4. The molecule has 4 N–H and O–H groups in total. The van der Waals surface area contributed by atoms with Crippen LogP contribution in [0.4, 0.5) is 4.79 Å². The van der Waals surface area contributed by atoms with Crippen LogP contribution < -0.4 is 26.0 Å². The lowest BCUT2D eigenvalue weighted by Gasteiger charge is -2.24. The maximum Gasteiger partial charge on any atom is 0.408 e. The zero-order valence-corrected chi connectivity index (χ0v) is 36.4. The Balaban J connectivity index is 2.32. The number of carbonyl (C=O) groups excluding carboxylic acids is 6. The van der Waals surface area contributed by atoms with Crippen molar-refractivity contribution < 1.29 is 56.1 Å². The lowest BCUT2D eigenvalue weighted by molar-refractivity contribution is -0.156. The Morgan fingerprint density at radius 2 is 1.29 bits per heavy atom. The Morgan fingerprint density at radius 3 is 1.85 bits per heavy atom. The standard InChI is InChI=1S/C42H60N4O12S/c1-40(2,3)56-31-18-16-28(17-19-31)24-33(46-39(52)55-27-29-14-12-11-13-15-29)38(51)45-32(20-21-35(48)57-41(4,5)6)37(50)43-26-34(47)44-30(22-23-59(10,53)54)25-36(49)58-42(7,8)9/h11-19,22-23,30,32-33H,20-21,24-27H2,1-10H3,(H,43,50)(H,44,47)(H,45,51)(H,46,52)/b23-22+/t30?,32?,33-/m0/s1. The highest BCUT2D eigenvalue weighted by Crippen LogP contribution is 2.20. The number of esters is 2. The van der Waals surface area contributed by atoms with Gasteiger partial charge in [0, 0.05) is 24.5 Å². The number of hydrogen-bond donors (Lipinski definition) is 4. The minimum absolute atomic E-state index is 0.0368. The van der Waals surface area contributed by atoms with E-state index in [0.29, 0.717) is 16.9 Å². The van der Waals surface area contributed by atoms with Crippen molar-refractivity contribution in [3.05, 3.63) is 77.2 Å². The van der Waals surface area contributed by atoms with E-state index in [2.05, 4.69) is 21.3 Å². The van der Waals surface area contributed by atoms with Gasteiger partial charge in [-0.2, -0.15) is 0 Å². The van der Waals surface area contributed by atoms with Crippen LogP contribution in [0.2, 0.25) is 0 Å². The smallest absolute Gasteiger partial charge is 0.408 e. The normalized spacial score (nSPS) is 13.6. The first kappa shape index (κ1) is 49.7. The maximum absolute atomic E-state index is 14.0. The first-order valence-electron chi connectivity index (χ1n) is 19.1. The number of alkyl carbamates (subject to hydrolysis) is 1. The van der Waals surface area contributed by atoms with Crippen molar-refractivity contribution in [3.8, 4) is 5.75 Å². The van der Waals surface area contributed by atoms with E-state index in [1.165, 1.54) is 0 Å². The second-order valence-electron chi connectivity index (χ2n) is 16.8. The van der Waals surface area contributed by atoms with E-state index in [1.54, 1.807) is 90.1 Å². The zero-order valence-electron chi connectivity index (χ0n) is 35.6. The summed E-state index contributed by atoms with van der Waals surface area (Å²) in [6.07, 6.45) is 0.148. The van der Waals surface area contributed by atoms with Crippen LogP contribution in [0, 0.1) is 0 Å². The third-order valence-electron chi connectivity index (χ3n) is 7.43. The van der Waals surface area contributed by atoms with E-state index in [1.807, 2.05) is 26.8 Å². The zero-order chi connectivity index (χ0) is 44.6. The Bertz CT molecular complexity index is 1880. The number of carbonyl (C=O) groups is 6. The fraction of sp³-hybridized carbons (Fsp3) is 0.524. The Labute approximate surface area is 347 Å². The summed E-state index contributed by atoms with van der Waals surface area (Å²) >= 11 is 0. The first-order chi connectivity index (χ1) is 27.2. The van der Waals surface area contributed by atoms with E-state index in [4.69, 9.17) is 18.9 Å². The third-order valence-corrected chi connectivity index (χ3v) is 8.08. The molecule has 3 atom stereocenters. The molecule has 4 amide bonds. The molecule has 2 aromatic carbocycles. The number of nitrogens with one attached hydrogen (secondary N) is 4. The third kappa shape index (κ3) is 22.9. The van der Waals surface area contributed by atoms with Crippen LogP contribution in [0.5, 0.6) is 5.75 Å². The number of benzene rings is 2. The molecule has 16 nitrogen and oxygen atoms in total. The molecule has 0 radical (unpaired) electrons. The van der Waals surface area contributed by atoms with E-state index in [9.17, 15) is 37.2 Å². The molecule has 0 heterocycles. The van der Waals surface area contributed by atoms with Gasteiger partial charge < -0.3 is 40.2 Å². The summed E-state index contributed by atoms with van der Waals surface area (Å²) in [7, 11) is -3.63. The number of hydrogen-bond acceptors (Lipinski definition) is 12. The van der Waals surface area contributed by atoms with E-state index in [-0.39, 0.29) is 25.9 Å². The molecule has 326 valence electrons. The van der Waals surface area contributed by atoms with E-state index in [0.717, 1.165) is 17.7 Å². The van der Waals surface area contributed by atoms with Gasteiger partial charge in [0.1, 0.15) is 41.2 Å². The Hall–Kier alpha value is -5.45. The molecule has 0 saturated heterocycles. The molecular formula is C42H60N4O12S. The average molecular weight is 845 g/mol.